The number of ether oxygens (including phenoxy) is 2. The Labute approximate surface area is 189 Å². The van der Waals surface area contributed by atoms with Gasteiger partial charge in [0.1, 0.15) is 11.4 Å². The highest BCUT2D eigenvalue weighted by molar-refractivity contribution is 6.30. The third-order valence-corrected chi connectivity index (χ3v) is 5.35. The highest BCUT2D eigenvalue weighted by Gasteiger charge is 2.23. The van der Waals surface area contributed by atoms with Crippen LogP contribution in [0, 0.1) is 0 Å². The van der Waals surface area contributed by atoms with E-state index in [1.165, 1.54) is 0 Å². The molecule has 0 bridgehead atoms. The number of benzene rings is 2. The molecule has 0 aliphatic carbocycles. The van der Waals surface area contributed by atoms with E-state index in [4.69, 9.17) is 26.2 Å². The van der Waals surface area contributed by atoms with E-state index in [1.807, 2.05) is 56.4 Å². The zero-order valence-corrected chi connectivity index (χ0v) is 19.0. The van der Waals surface area contributed by atoms with E-state index in [-0.39, 0.29) is 0 Å². The monoisotopic (exact) mass is 443 g/mol. The molecule has 3 aromatic rings. The van der Waals surface area contributed by atoms with Crippen LogP contribution in [0.3, 0.4) is 0 Å². The minimum atomic E-state index is -0.408. The highest BCUT2D eigenvalue weighted by Crippen LogP contribution is 2.34. The molecular weight excluding hydrogens is 414 g/mol. The van der Waals surface area contributed by atoms with Crippen LogP contribution in [-0.4, -0.2) is 52.7 Å². The molecule has 1 N–H and O–H groups in total. The zero-order chi connectivity index (χ0) is 22.2. The van der Waals surface area contributed by atoms with Gasteiger partial charge in [-0.2, -0.15) is 5.10 Å². The van der Waals surface area contributed by atoms with Crippen LogP contribution in [0.2, 0.25) is 5.02 Å². The first-order valence-corrected chi connectivity index (χ1v) is 10.8. The number of aliphatic hydroxyl groups is 1. The van der Waals surface area contributed by atoms with Crippen molar-refractivity contribution in [3.63, 3.8) is 0 Å². The van der Waals surface area contributed by atoms with Crippen molar-refractivity contribution in [2.45, 2.75) is 26.0 Å². The number of halogens is 1. The molecule has 7 heteroatoms. The summed E-state index contributed by atoms with van der Waals surface area (Å²) >= 11 is 6.03. The number of methoxy groups -OCH3 is 1. The summed E-state index contributed by atoms with van der Waals surface area (Å²) in [6.45, 7) is 4.36. The van der Waals surface area contributed by atoms with Crippen LogP contribution < -0.4 is 4.74 Å². The lowest BCUT2D eigenvalue weighted by Gasteiger charge is -2.25. The van der Waals surface area contributed by atoms with Gasteiger partial charge < -0.3 is 14.6 Å². The quantitative estimate of drug-likeness (QED) is 0.463. The zero-order valence-electron chi connectivity index (χ0n) is 18.3. The Hall–Kier alpha value is -2.38. The number of aliphatic hydroxyl groups excluding tert-OH is 1. The average Bonchev–Trinajstić information content (AvgIpc) is 3.09. The summed E-state index contributed by atoms with van der Waals surface area (Å²) in [5.74, 6) is 1.35. The molecule has 1 aromatic heterocycles. The van der Waals surface area contributed by atoms with Gasteiger partial charge in [-0.15, -0.1) is 0 Å². The fraction of sp³-hybridized carbons (Fsp3) is 0.375. The second kappa shape index (κ2) is 11.3. The van der Waals surface area contributed by atoms with Crippen LogP contribution in [-0.2, 0) is 18.3 Å². The maximum atomic E-state index is 10.3. The molecule has 0 amide bonds. The summed E-state index contributed by atoms with van der Waals surface area (Å²) in [6.07, 6.45) is 0.283. The molecule has 0 saturated carbocycles. The lowest BCUT2D eigenvalue weighted by Crippen LogP contribution is -2.34. The summed E-state index contributed by atoms with van der Waals surface area (Å²) in [4.78, 5) is 2.18. The summed E-state index contributed by atoms with van der Waals surface area (Å²) in [5, 5.41) is 15.7. The number of hydrogen-bond acceptors (Lipinski definition) is 5. The minimum Gasteiger partial charge on any atom is -0.439 e. The van der Waals surface area contributed by atoms with Crippen LogP contribution in [0.1, 0.15) is 18.9 Å². The lowest BCUT2D eigenvalue weighted by molar-refractivity contribution is 0.0827. The second-order valence-corrected chi connectivity index (χ2v) is 7.90. The minimum absolute atomic E-state index is 0.408. The molecule has 3 rings (SSSR count). The van der Waals surface area contributed by atoms with Gasteiger partial charge in [0.2, 0.25) is 5.88 Å². The van der Waals surface area contributed by atoms with Crippen molar-refractivity contribution < 1.29 is 14.6 Å². The molecule has 2 aromatic carbocycles. The van der Waals surface area contributed by atoms with Gasteiger partial charge in [-0.25, -0.2) is 4.68 Å². The van der Waals surface area contributed by atoms with Gasteiger partial charge in [0.05, 0.1) is 18.3 Å². The Morgan fingerprint density at radius 1 is 1.13 bits per heavy atom. The van der Waals surface area contributed by atoms with Crippen molar-refractivity contribution in [1.82, 2.24) is 14.7 Å². The van der Waals surface area contributed by atoms with E-state index in [2.05, 4.69) is 4.90 Å². The van der Waals surface area contributed by atoms with Crippen LogP contribution in [0.25, 0.3) is 11.3 Å². The van der Waals surface area contributed by atoms with Gasteiger partial charge in [-0.3, -0.25) is 4.90 Å². The van der Waals surface area contributed by atoms with Crippen LogP contribution in [0.5, 0.6) is 11.6 Å². The van der Waals surface area contributed by atoms with Gasteiger partial charge in [0, 0.05) is 44.4 Å². The van der Waals surface area contributed by atoms with Crippen molar-refractivity contribution in [3.05, 3.63) is 65.2 Å². The number of aryl methyl sites for hydroxylation is 1. The maximum absolute atomic E-state index is 10.3. The SMILES string of the molecule is CC[C@H](O)CN(CCOC)Cc1c(-c2ccccc2)nn(C)c1Oc1ccc(Cl)cc1. The molecule has 6 nitrogen and oxygen atoms in total. The highest BCUT2D eigenvalue weighted by atomic mass is 35.5. The molecule has 0 unspecified atom stereocenters. The number of hydrogen-bond donors (Lipinski definition) is 1. The summed E-state index contributed by atoms with van der Waals surface area (Å²) in [7, 11) is 3.56. The average molecular weight is 444 g/mol. The Balaban J connectivity index is 1.99. The van der Waals surface area contributed by atoms with E-state index in [0.29, 0.717) is 49.3 Å². The first kappa shape index (κ1) is 23.3. The Morgan fingerprint density at radius 2 is 1.84 bits per heavy atom. The van der Waals surface area contributed by atoms with Crippen LogP contribution >= 0.6 is 11.6 Å². The molecular formula is C24H30ClN3O3. The van der Waals surface area contributed by atoms with E-state index in [9.17, 15) is 5.11 Å². The van der Waals surface area contributed by atoms with Crippen molar-refractivity contribution >= 4 is 11.6 Å². The van der Waals surface area contributed by atoms with Crippen molar-refractivity contribution in [3.8, 4) is 22.9 Å². The van der Waals surface area contributed by atoms with E-state index in [1.54, 1.807) is 23.9 Å². The van der Waals surface area contributed by atoms with Crippen LogP contribution in [0.4, 0.5) is 0 Å². The molecule has 31 heavy (non-hydrogen) atoms. The van der Waals surface area contributed by atoms with Gasteiger partial charge >= 0.3 is 0 Å². The van der Waals surface area contributed by atoms with Crippen molar-refractivity contribution in [2.24, 2.45) is 7.05 Å². The third kappa shape index (κ3) is 6.31. The topological polar surface area (TPSA) is 59.8 Å². The Bertz CT molecular complexity index is 945. The van der Waals surface area contributed by atoms with Crippen molar-refractivity contribution in [1.29, 1.82) is 0 Å². The van der Waals surface area contributed by atoms with Crippen molar-refractivity contribution in [2.75, 3.05) is 26.8 Å². The van der Waals surface area contributed by atoms with Gasteiger partial charge in [0.15, 0.2) is 0 Å². The number of nitrogens with zero attached hydrogens (tertiary/aromatic N) is 3. The molecule has 0 spiro atoms. The summed E-state index contributed by atoms with van der Waals surface area (Å²) in [5.41, 5.74) is 2.84. The fourth-order valence-electron chi connectivity index (χ4n) is 3.37. The molecule has 0 radical (unpaired) electrons. The Kier molecular flexibility index (Phi) is 8.49. The standard InChI is InChI=1S/C24H30ClN3O3/c1-4-20(29)16-28(14-15-30-3)17-22-23(18-8-6-5-7-9-18)26-27(2)24(22)31-21-12-10-19(25)11-13-21/h5-13,20,29H,4,14-17H2,1-3H3/t20-/m0/s1. The number of rotatable bonds is 11. The van der Waals surface area contributed by atoms with Gasteiger partial charge in [-0.05, 0) is 30.7 Å². The normalized spacial score (nSPS) is 12.3. The smallest absolute Gasteiger partial charge is 0.222 e. The molecule has 0 saturated heterocycles. The van der Waals surface area contributed by atoms with E-state index < -0.39 is 6.10 Å². The van der Waals surface area contributed by atoms with E-state index in [0.717, 1.165) is 16.8 Å². The predicted octanol–water partition coefficient (Wildman–Crippen LogP) is 4.75. The van der Waals surface area contributed by atoms with Gasteiger partial charge in [-0.1, -0.05) is 48.9 Å². The second-order valence-electron chi connectivity index (χ2n) is 7.47. The maximum Gasteiger partial charge on any atom is 0.222 e. The Morgan fingerprint density at radius 3 is 2.48 bits per heavy atom. The molecule has 1 atom stereocenters. The fourth-order valence-corrected chi connectivity index (χ4v) is 3.50. The molecule has 0 aliphatic rings. The summed E-state index contributed by atoms with van der Waals surface area (Å²) < 4.78 is 13.3. The third-order valence-electron chi connectivity index (χ3n) is 5.10. The first-order chi connectivity index (χ1) is 15.0. The van der Waals surface area contributed by atoms with Gasteiger partial charge in [0.25, 0.3) is 0 Å². The molecule has 0 fully saturated rings. The molecule has 166 valence electrons. The predicted molar refractivity (Wildman–Crippen MR) is 124 cm³/mol. The summed E-state index contributed by atoms with van der Waals surface area (Å²) in [6, 6.07) is 17.3. The van der Waals surface area contributed by atoms with Crippen LogP contribution in [0.15, 0.2) is 54.6 Å². The lowest BCUT2D eigenvalue weighted by atomic mass is 10.1. The largest absolute Gasteiger partial charge is 0.439 e. The van der Waals surface area contributed by atoms with E-state index >= 15 is 0 Å². The molecule has 1 heterocycles. The molecule has 0 aliphatic heterocycles. The number of aromatic nitrogens is 2. The first-order valence-electron chi connectivity index (χ1n) is 10.5.